The van der Waals surface area contributed by atoms with Gasteiger partial charge in [0.1, 0.15) is 5.69 Å². The summed E-state index contributed by atoms with van der Waals surface area (Å²) in [6.07, 6.45) is 5.75. The van der Waals surface area contributed by atoms with Crippen LogP contribution in [0.5, 0.6) is 0 Å². The quantitative estimate of drug-likeness (QED) is 0.791. The van der Waals surface area contributed by atoms with Crippen molar-refractivity contribution >= 4 is 42.1 Å². The first kappa shape index (κ1) is 23.6. The van der Waals surface area contributed by atoms with E-state index in [0.717, 1.165) is 43.4 Å². The van der Waals surface area contributed by atoms with E-state index < -0.39 is 0 Å². The number of halogens is 2. The summed E-state index contributed by atoms with van der Waals surface area (Å²) in [4.78, 5) is 21.8. The molecular weight excluding hydrogens is 391 g/mol. The summed E-state index contributed by atoms with van der Waals surface area (Å²) in [5.74, 6) is 1.59. The van der Waals surface area contributed by atoms with Crippen molar-refractivity contribution in [2.45, 2.75) is 39.0 Å². The van der Waals surface area contributed by atoms with E-state index in [1.807, 2.05) is 10.3 Å². The zero-order chi connectivity index (χ0) is 16.9. The van der Waals surface area contributed by atoms with Gasteiger partial charge in [0.15, 0.2) is 0 Å². The first-order valence-electron chi connectivity index (χ1n) is 9.31. The Morgan fingerprint density at radius 1 is 1.27 bits per heavy atom. The number of amides is 1. The van der Waals surface area contributed by atoms with Gasteiger partial charge in [0, 0.05) is 31.4 Å². The molecular formula is C18H32Cl2N4OS. The highest BCUT2D eigenvalue weighted by Gasteiger charge is 2.28. The molecule has 1 amide bonds. The van der Waals surface area contributed by atoms with Gasteiger partial charge in [0.25, 0.3) is 5.91 Å². The SMILES string of the molecule is CC1CCN(CC2CCCN(C(=O)c3csc(CCN)n3)C2)CC1.Cl.Cl. The minimum Gasteiger partial charge on any atom is -0.337 e. The molecule has 1 atom stereocenters. The Labute approximate surface area is 173 Å². The number of hydrogen-bond donors (Lipinski definition) is 1. The third kappa shape index (κ3) is 6.34. The maximum atomic E-state index is 12.7. The first-order chi connectivity index (χ1) is 11.7. The van der Waals surface area contributed by atoms with Gasteiger partial charge in [-0.15, -0.1) is 36.2 Å². The third-order valence-corrected chi connectivity index (χ3v) is 6.24. The lowest BCUT2D eigenvalue weighted by molar-refractivity contribution is 0.0617. The molecule has 150 valence electrons. The van der Waals surface area contributed by atoms with Crippen LogP contribution in [0.1, 0.15) is 48.1 Å². The predicted octanol–water partition coefficient (Wildman–Crippen LogP) is 3.07. The van der Waals surface area contributed by atoms with Crippen LogP contribution in [0.4, 0.5) is 0 Å². The van der Waals surface area contributed by atoms with Crippen LogP contribution in [0.25, 0.3) is 0 Å². The largest absolute Gasteiger partial charge is 0.337 e. The lowest BCUT2D eigenvalue weighted by Gasteiger charge is -2.37. The summed E-state index contributed by atoms with van der Waals surface area (Å²) in [7, 11) is 0. The molecule has 2 fully saturated rings. The molecule has 0 saturated carbocycles. The van der Waals surface area contributed by atoms with Crippen LogP contribution in [0.3, 0.4) is 0 Å². The topological polar surface area (TPSA) is 62.5 Å². The molecule has 1 aromatic heterocycles. The Balaban J connectivity index is 0.00000169. The fourth-order valence-corrected chi connectivity index (χ4v) is 4.61. The maximum absolute atomic E-state index is 12.7. The molecule has 0 aliphatic carbocycles. The van der Waals surface area contributed by atoms with E-state index in [-0.39, 0.29) is 30.7 Å². The Bertz CT molecular complexity index is 549. The minimum atomic E-state index is 0. The van der Waals surface area contributed by atoms with Crippen molar-refractivity contribution < 1.29 is 4.79 Å². The summed E-state index contributed by atoms with van der Waals surface area (Å²) < 4.78 is 0. The van der Waals surface area contributed by atoms with E-state index in [4.69, 9.17) is 5.73 Å². The molecule has 0 radical (unpaired) electrons. The number of hydrogen-bond acceptors (Lipinski definition) is 5. The zero-order valence-corrected chi connectivity index (χ0v) is 18.0. The third-order valence-electron chi connectivity index (χ3n) is 5.33. The number of aromatic nitrogens is 1. The fourth-order valence-electron chi connectivity index (χ4n) is 3.82. The van der Waals surface area contributed by atoms with Crippen LogP contribution >= 0.6 is 36.2 Å². The van der Waals surface area contributed by atoms with E-state index in [9.17, 15) is 4.79 Å². The van der Waals surface area contributed by atoms with Gasteiger partial charge in [-0.05, 0) is 57.2 Å². The normalized spacial score (nSPS) is 21.8. The Morgan fingerprint density at radius 3 is 2.69 bits per heavy atom. The highest BCUT2D eigenvalue weighted by atomic mass is 35.5. The van der Waals surface area contributed by atoms with Crippen molar-refractivity contribution in [3.8, 4) is 0 Å². The highest BCUT2D eigenvalue weighted by molar-refractivity contribution is 7.09. The molecule has 1 unspecified atom stereocenters. The number of likely N-dealkylation sites (tertiary alicyclic amines) is 2. The molecule has 3 heterocycles. The molecule has 2 aliphatic heterocycles. The van der Waals surface area contributed by atoms with Gasteiger partial charge in [-0.3, -0.25) is 4.79 Å². The first-order valence-corrected chi connectivity index (χ1v) is 10.2. The van der Waals surface area contributed by atoms with Crippen LogP contribution in [-0.2, 0) is 6.42 Å². The summed E-state index contributed by atoms with van der Waals surface area (Å²) in [5, 5.41) is 2.86. The number of rotatable bonds is 5. The highest BCUT2D eigenvalue weighted by Crippen LogP contribution is 2.23. The number of thiazole rings is 1. The Morgan fingerprint density at radius 2 is 2.00 bits per heavy atom. The van der Waals surface area contributed by atoms with Gasteiger partial charge in [0.2, 0.25) is 0 Å². The lowest BCUT2D eigenvalue weighted by atomic mass is 9.94. The smallest absolute Gasteiger partial charge is 0.273 e. The van der Waals surface area contributed by atoms with Crippen LogP contribution in [0.15, 0.2) is 5.38 Å². The molecule has 0 bridgehead atoms. The predicted molar refractivity (Wildman–Crippen MR) is 113 cm³/mol. The van der Waals surface area contributed by atoms with E-state index in [1.54, 1.807) is 11.3 Å². The average Bonchev–Trinajstić information content (AvgIpc) is 3.06. The van der Waals surface area contributed by atoms with Gasteiger partial charge in [0.05, 0.1) is 5.01 Å². The van der Waals surface area contributed by atoms with Crippen LogP contribution < -0.4 is 5.73 Å². The number of carbonyl (C=O) groups is 1. The zero-order valence-electron chi connectivity index (χ0n) is 15.6. The maximum Gasteiger partial charge on any atom is 0.273 e. The second-order valence-corrected chi connectivity index (χ2v) is 8.35. The second kappa shape index (κ2) is 11.4. The van der Waals surface area contributed by atoms with Crippen molar-refractivity contribution in [3.63, 3.8) is 0 Å². The van der Waals surface area contributed by atoms with Gasteiger partial charge < -0.3 is 15.5 Å². The molecule has 2 N–H and O–H groups in total. The number of nitrogens with zero attached hydrogens (tertiary/aromatic N) is 3. The van der Waals surface area contributed by atoms with Crippen molar-refractivity contribution in [1.29, 1.82) is 0 Å². The molecule has 2 aliphatic rings. The van der Waals surface area contributed by atoms with Gasteiger partial charge in [-0.1, -0.05) is 6.92 Å². The summed E-state index contributed by atoms with van der Waals surface area (Å²) in [6.45, 7) is 8.28. The summed E-state index contributed by atoms with van der Waals surface area (Å²) in [6, 6.07) is 0. The minimum absolute atomic E-state index is 0. The monoisotopic (exact) mass is 422 g/mol. The lowest BCUT2D eigenvalue weighted by Crippen LogP contribution is -2.45. The standard InChI is InChI=1S/C18H30N4OS.2ClH/c1-14-5-9-21(10-6-14)11-15-3-2-8-22(12-15)18(23)16-13-24-17(20-16)4-7-19;;/h13-15H,2-12,19H2,1H3;2*1H. The van der Waals surface area contributed by atoms with E-state index >= 15 is 0 Å². The van der Waals surface area contributed by atoms with Gasteiger partial charge >= 0.3 is 0 Å². The van der Waals surface area contributed by atoms with Crippen molar-refractivity contribution in [2.24, 2.45) is 17.6 Å². The summed E-state index contributed by atoms with van der Waals surface area (Å²) >= 11 is 1.55. The van der Waals surface area contributed by atoms with Crippen molar-refractivity contribution in [1.82, 2.24) is 14.8 Å². The molecule has 3 rings (SSSR count). The van der Waals surface area contributed by atoms with Gasteiger partial charge in [-0.25, -0.2) is 4.98 Å². The van der Waals surface area contributed by atoms with Crippen molar-refractivity contribution in [3.05, 3.63) is 16.1 Å². The van der Waals surface area contributed by atoms with E-state index in [1.165, 1.54) is 32.4 Å². The molecule has 8 heteroatoms. The molecule has 1 aromatic rings. The molecule has 0 aromatic carbocycles. The van der Waals surface area contributed by atoms with Crippen molar-refractivity contribution in [2.75, 3.05) is 39.3 Å². The number of carbonyl (C=O) groups excluding carboxylic acids is 1. The summed E-state index contributed by atoms with van der Waals surface area (Å²) in [5.41, 5.74) is 6.18. The van der Waals surface area contributed by atoms with Gasteiger partial charge in [-0.2, -0.15) is 0 Å². The fraction of sp³-hybridized carbons (Fsp3) is 0.778. The Hall–Kier alpha value is -0.400. The van der Waals surface area contributed by atoms with E-state index in [2.05, 4.69) is 16.8 Å². The van der Waals surface area contributed by atoms with Crippen LogP contribution in [-0.4, -0.2) is 60.0 Å². The molecule has 2 saturated heterocycles. The van der Waals surface area contributed by atoms with Crippen LogP contribution in [0, 0.1) is 11.8 Å². The second-order valence-electron chi connectivity index (χ2n) is 7.41. The molecule has 0 spiro atoms. The van der Waals surface area contributed by atoms with Crippen LogP contribution in [0.2, 0.25) is 0 Å². The van der Waals surface area contributed by atoms with E-state index in [0.29, 0.717) is 18.2 Å². The molecule has 26 heavy (non-hydrogen) atoms. The number of nitrogens with two attached hydrogens (primary N) is 1. The Kier molecular flexibility index (Phi) is 10.4. The average molecular weight is 423 g/mol. The molecule has 5 nitrogen and oxygen atoms in total. The number of piperidine rings is 2.